The molecular formula is C19H15FN2O2S. The van der Waals surface area contributed by atoms with Crippen LogP contribution in [-0.2, 0) is 0 Å². The van der Waals surface area contributed by atoms with Gasteiger partial charge in [-0.25, -0.2) is 4.39 Å². The van der Waals surface area contributed by atoms with Crippen LogP contribution in [0.4, 0.5) is 4.39 Å². The third kappa shape index (κ3) is 4.10. The van der Waals surface area contributed by atoms with E-state index in [1.54, 1.807) is 36.4 Å². The van der Waals surface area contributed by atoms with Crippen molar-refractivity contribution in [3.05, 3.63) is 82.5 Å². The summed E-state index contributed by atoms with van der Waals surface area (Å²) in [6.45, 7) is 1.93. The average Bonchev–Trinajstić information content (AvgIpc) is 3.11. The molecule has 3 aromatic rings. The lowest BCUT2D eigenvalue weighted by Crippen LogP contribution is -2.41. The van der Waals surface area contributed by atoms with E-state index >= 15 is 0 Å². The fourth-order valence-corrected chi connectivity index (χ4v) is 3.09. The Labute approximate surface area is 148 Å². The molecule has 2 amide bonds. The van der Waals surface area contributed by atoms with E-state index in [0.717, 1.165) is 16.0 Å². The minimum atomic E-state index is -0.404. The molecule has 3 rings (SSSR count). The number of benzene rings is 2. The normalized spacial score (nSPS) is 10.3. The fraction of sp³-hybridized carbons (Fsp3) is 0.0526. The summed E-state index contributed by atoms with van der Waals surface area (Å²) < 4.78 is 13.0. The summed E-state index contributed by atoms with van der Waals surface area (Å²) in [7, 11) is 0. The van der Waals surface area contributed by atoms with Crippen LogP contribution in [0, 0.1) is 12.7 Å². The van der Waals surface area contributed by atoms with Crippen LogP contribution in [0.3, 0.4) is 0 Å². The summed E-state index contributed by atoms with van der Waals surface area (Å²) in [5.74, 6) is -1.10. The Balaban J connectivity index is 1.63. The van der Waals surface area contributed by atoms with Gasteiger partial charge in [-0.1, -0.05) is 29.8 Å². The van der Waals surface area contributed by atoms with Crippen LogP contribution in [0.25, 0.3) is 10.4 Å². The summed E-state index contributed by atoms with van der Waals surface area (Å²) >= 11 is 1.26. The molecule has 0 atom stereocenters. The van der Waals surface area contributed by atoms with Crippen LogP contribution >= 0.6 is 11.3 Å². The highest BCUT2D eigenvalue weighted by Gasteiger charge is 2.12. The standard InChI is InChI=1S/C19H15FN2O2S/c1-12-2-4-14(5-3-12)18(23)21-22-19(24)17-11-10-16(25-17)13-6-8-15(20)9-7-13/h2-11H,1H3,(H,21,23)(H,22,24). The van der Waals surface area contributed by atoms with E-state index in [1.807, 2.05) is 19.1 Å². The third-order valence-electron chi connectivity index (χ3n) is 3.56. The Morgan fingerprint density at radius 1 is 0.840 bits per heavy atom. The first-order valence-corrected chi connectivity index (χ1v) is 8.38. The topological polar surface area (TPSA) is 58.2 Å². The Bertz CT molecular complexity index is 902. The minimum Gasteiger partial charge on any atom is -0.267 e. The van der Waals surface area contributed by atoms with Crippen molar-refractivity contribution in [1.29, 1.82) is 0 Å². The summed E-state index contributed by atoms with van der Waals surface area (Å²) in [5, 5.41) is 0. The van der Waals surface area contributed by atoms with Gasteiger partial charge in [0.1, 0.15) is 5.82 Å². The number of halogens is 1. The maximum atomic E-state index is 13.0. The predicted octanol–water partition coefficient (Wildman–Crippen LogP) is 3.94. The fourth-order valence-electron chi connectivity index (χ4n) is 2.18. The second-order valence-electron chi connectivity index (χ2n) is 5.45. The molecule has 25 heavy (non-hydrogen) atoms. The van der Waals surface area contributed by atoms with Crippen molar-refractivity contribution in [3.8, 4) is 10.4 Å². The van der Waals surface area contributed by atoms with Crippen molar-refractivity contribution in [2.45, 2.75) is 6.92 Å². The zero-order chi connectivity index (χ0) is 17.8. The van der Waals surface area contributed by atoms with Gasteiger partial charge >= 0.3 is 0 Å². The molecule has 0 aliphatic rings. The van der Waals surface area contributed by atoms with E-state index in [-0.39, 0.29) is 11.7 Å². The minimum absolute atomic E-state index is 0.308. The number of amides is 2. The SMILES string of the molecule is Cc1ccc(C(=O)NNC(=O)c2ccc(-c3ccc(F)cc3)s2)cc1. The predicted molar refractivity (Wildman–Crippen MR) is 95.8 cm³/mol. The van der Waals surface area contributed by atoms with Crippen LogP contribution in [0.1, 0.15) is 25.6 Å². The lowest BCUT2D eigenvalue weighted by Gasteiger charge is -2.06. The summed E-state index contributed by atoms with van der Waals surface area (Å²) in [4.78, 5) is 25.4. The number of thiophene rings is 1. The number of carbonyl (C=O) groups excluding carboxylic acids is 2. The van der Waals surface area contributed by atoms with E-state index in [2.05, 4.69) is 10.9 Å². The highest BCUT2D eigenvalue weighted by Crippen LogP contribution is 2.28. The monoisotopic (exact) mass is 354 g/mol. The molecule has 0 saturated heterocycles. The highest BCUT2D eigenvalue weighted by atomic mass is 32.1. The van der Waals surface area contributed by atoms with Gasteiger partial charge in [0.25, 0.3) is 11.8 Å². The van der Waals surface area contributed by atoms with E-state index in [4.69, 9.17) is 0 Å². The number of carbonyl (C=O) groups is 2. The Morgan fingerprint density at radius 2 is 1.48 bits per heavy atom. The first kappa shape index (κ1) is 16.9. The molecule has 1 heterocycles. The molecule has 2 aromatic carbocycles. The summed E-state index contributed by atoms with van der Waals surface area (Å²) in [6, 6.07) is 16.5. The van der Waals surface area contributed by atoms with Crippen LogP contribution in [-0.4, -0.2) is 11.8 Å². The zero-order valence-electron chi connectivity index (χ0n) is 13.4. The van der Waals surface area contributed by atoms with Crippen molar-refractivity contribution in [3.63, 3.8) is 0 Å². The molecule has 0 unspecified atom stereocenters. The van der Waals surface area contributed by atoms with Crippen molar-refractivity contribution in [2.75, 3.05) is 0 Å². The Kier molecular flexibility index (Phi) is 4.90. The molecule has 0 saturated carbocycles. The van der Waals surface area contributed by atoms with Gasteiger partial charge in [0.05, 0.1) is 4.88 Å². The smallest absolute Gasteiger partial charge is 0.267 e. The second-order valence-corrected chi connectivity index (χ2v) is 6.53. The van der Waals surface area contributed by atoms with Crippen LogP contribution in [0.2, 0.25) is 0 Å². The average molecular weight is 354 g/mol. The summed E-state index contributed by atoms with van der Waals surface area (Å²) in [5.41, 5.74) is 7.13. The highest BCUT2D eigenvalue weighted by molar-refractivity contribution is 7.17. The lowest BCUT2D eigenvalue weighted by molar-refractivity contribution is 0.0849. The van der Waals surface area contributed by atoms with Gasteiger partial charge < -0.3 is 0 Å². The number of aryl methyl sites for hydroxylation is 1. The Hall–Kier alpha value is -2.99. The second kappa shape index (κ2) is 7.27. The quantitative estimate of drug-likeness (QED) is 0.700. The first-order valence-electron chi connectivity index (χ1n) is 7.56. The van der Waals surface area contributed by atoms with Crippen LogP contribution < -0.4 is 10.9 Å². The van der Waals surface area contributed by atoms with Crippen molar-refractivity contribution < 1.29 is 14.0 Å². The van der Waals surface area contributed by atoms with Crippen LogP contribution in [0.15, 0.2) is 60.7 Å². The van der Waals surface area contributed by atoms with E-state index in [1.165, 1.54) is 23.5 Å². The van der Waals surface area contributed by atoms with Gasteiger partial charge in [-0.15, -0.1) is 11.3 Å². The molecule has 0 aliphatic heterocycles. The first-order chi connectivity index (χ1) is 12.0. The molecule has 4 nitrogen and oxygen atoms in total. The number of hydrogen-bond acceptors (Lipinski definition) is 3. The molecule has 0 radical (unpaired) electrons. The Morgan fingerprint density at radius 3 is 2.16 bits per heavy atom. The molecule has 126 valence electrons. The number of hydrogen-bond donors (Lipinski definition) is 2. The molecule has 0 spiro atoms. The summed E-state index contributed by atoms with van der Waals surface area (Å²) in [6.07, 6.45) is 0. The largest absolute Gasteiger partial charge is 0.279 e. The molecule has 0 bridgehead atoms. The molecule has 0 fully saturated rings. The van der Waals surface area contributed by atoms with Gasteiger partial charge in [0.15, 0.2) is 0 Å². The molecule has 2 N–H and O–H groups in total. The van der Waals surface area contributed by atoms with Crippen LogP contribution in [0.5, 0.6) is 0 Å². The molecule has 1 aromatic heterocycles. The number of rotatable bonds is 3. The molecule has 6 heteroatoms. The van der Waals surface area contributed by atoms with E-state index in [9.17, 15) is 14.0 Å². The van der Waals surface area contributed by atoms with E-state index in [0.29, 0.717) is 10.4 Å². The zero-order valence-corrected chi connectivity index (χ0v) is 14.2. The third-order valence-corrected chi connectivity index (χ3v) is 4.69. The van der Waals surface area contributed by atoms with Crippen molar-refractivity contribution >= 4 is 23.2 Å². The van der Waals surface area contributed by atoms with Gasteiger partial charge in [0, 0.05) is 10.4 Å². The van der Waals surface area contributed by atoms with Gasteiger partial charge in [-0.3, -0.25) is 20.4 Å². The number of hydrazine groups is 1. The maximum Gasteiger partial charge on any atom is 0.279 e. The maximum absolute atomic E-state index is 13.0. The molecular weight excluding hydrogens is 339 g/mol. The molecule has 0 aliphatic carbocycles. The van der Waals surface area contributed by atoms with Gasteiger partial charge in [0.2, 0.25) is 0 Å². The van der Waals surface area contributed by atoms with E-state index < -0.39 is 5.91 Å². The number of nitrogens with one attached hydrogen (secondary N) is 2. The van der Waals surface area contributed by atoms with Gasteiger partial charge in [-0.05, 0) is 48.9 Å². The van der Waals surface area contributed by atoms with Gasteiger partial charge in [-0.2, -0.15) is 0 Å². The lowest BCUT2D eigenvalue weighted by atomic mass is 10.1. The van der Waals surface area contributed by atoms with Crippen molar-refractivity contribution in [1.82, 2.24) is 10.9 Å². The van der Waals surface area contributed by atoms with Crippen molar-refractivity contribution in [2.24, 2.45) is 0 Å².